The molecule has 2 rings (SSSR count). The molecule has 2 heterocycles. The van der Waals surface area contributed by atoms with Gasteiger partial charge in [0.05, 0.1) is 11.4 Å². The van der Waals surface area contributed by atoms with Crippen LogP contribution in [-0.2, 0) is 16.0 Å². The van der Waals surface area contributed by atoms with E-state index in [9.17, 15) is 21.6 Å². The highest BCUT2D eigenvalue weighted by Gasteiger charge is 2.41. The second-order valence-corrected chi connectivity index (χ2v) is 7.91. The third-order valence-electron chi connectivity index (χ3n) is 2.54. The van der Waals surface area contributed by atoms with Gasteiger partial charge in [-0.3, -0.25) is 5.10 Å². The zero-order valence-electron chi connectivity index (χ0n) is 9.77. The molecule has 2 aromatic heterocycles. The molecule has 0 saturated heterocycles. The highest BCUT2D eigenvalue weighted by atomic mass is 35.5. The number of nitrogens with one attached hydrogen (secondary N) is 1. The highest BCUT2D eigenvalue weighted by molar-refractivity contribution is 7.93. The third-order valence-corrected chi connectivity index (χ3v) is 6.17. The molecule has 0 fully saturated rings. The SMILES string of the molecule is CC(c1c[nH]nc1C(F)(F)F)S(=O)(=O)c1ncc(Cl)s1. The molecule has 0 aliphatic rings. The molecule has 1 unspecified atom stereocenters. The lowest BCUT2D eigenvalue weighted by molar-refractivity contribution is -0.141. The molecule has 0 aromatic carbocycles. The van der Waals surface area contributed by atoms with Crippen LogP contribution in [-0.4, -0.2) is 23.6 Å². The number of thiazole rings is 1. The molecule has 11 heteroatoms. The van der Waals surface area contributed by atoms with Gasteiger partial charge in [0.2, 0.25) is 14.2 Å². The second-order valence-electron chi connectivity index (χ2n) is 3.80. The fraction of sp³-hybridized carbons (Fsp3) is 0.333. The van der Waals surface area contributed by atoms with E-state index in [2.05, 4.69) is 10.1 Å². The van der Waals surface area contributed by atoms with Gasteiger partial charge in [-0.1, -0.05) is 22.9 Å². The normalized spacial score (nSPS) is 14.4. The highest BCUT2D eigenvalue weighted by Crippen LogP contribution is 2.38. The van der Waals surface area contributed by atoms with Crippen LogP contribution in [0.1, 0.15) is 23.4 Å². The lowest BCUT2D eigenvalue weighted by Gasteiger charge is -2.12. The largest absolute Gasteiger partial charge is 0.435 e. The van der Waals surface area contributed by atoms with Crippen molar-refractivity contribution in [1.29, 1.82) is 0 Å². The van der Waals surface area contributed by atoms with Crippen LogP contribution in [0.3, 0.4) is 0 Å². The van der Waals surface area contributed by atoms with Crippen molar-refractivity contribution in [2.24, 2.45) is 0 Å². The third kappa shape index (κ3) is 2.67. The van der Waals surface area contributed by atoms with E-state index in [4.69, 9.17) is 11.6 Å². The summed E-state index contributed by atoms with van der Waals surface area (Å²) in [4.78, 5) is 3.60. The fourth-order valence-electron chi connectivity index (χ4n) is 1.53. The first-order valence-corrected chi connectivity index (χ1v) is 7.84. The van der Waals surface area contributed by atoms with E-state index < -0.39 is 32.5 Å². The number of hydrogen-bond acceptors (Lipinski definition) is 5. The van der Waals surface area contributed by atoms with E-state index in [-0.39, 0.29) is 8.68 Å². The Bertz CT molecular complexity index is 723. The summed E-state index contributed by atoms with van der Waals surface area (Å²) in [6.45, 7) is 1.14. The van der Waals surface area contributed by atoms with Crippen LogP contribution in [0, 0.1) is 0 Å². The van der Waals surface area contributed by atoms with Gasteiger partial charge < -0.3 is 0 Å². The number of nitrogens with zero attached hydrogens (tertiary/aromatic N) is 2. The van der Waals surface area contributed by atoms with Gasteiger partial charge in [0.25, 0.3) is 0 Å². The zero-order chi connectivity index (χ0) is 15.1. The summed E-state index contributed by atoms with van der Waals surface area (Å²) in [6.07, 6.45) is -2.69. The van der Waals surface area contributed by atoms with Crippen molar-refractivity contribution in [2.75, 3.05) is 0 Å². The minimum atomic E-state index is -4.74. The maximum atomic E-state index is 12.7. The van der Waals surface area contributed by atoms with Crippen LogP contribution >= 0.6 is 22.9 Å². The maximum Gasteiger partial charge on any atom is 0.435 e. The summed E-state index contributed by atoms with van der Waals surface area (Å²) in [5.41, 5.74) is -1.71. The molecule has 110 valence electrons. The molecule has 5 nitrogen and oxygen atoms in total. The Kier molecular flexibility index (Phi) is 3.82. The molecular weight excluding hydrogens is 339 g/mol. The van der Waals surface area contributed by atoms with Crippen molar-refractivity contribution in [3.05, 3.63) is 28.0 Å². The van der Waals surface area contributed by atoms with Gasteiger partial charge in [-0.05, 0) is 6.92 Å². The van der Waals surface area contributed by atoms with E-state index in [1.165, 1.54) is 0 Å². The van der Waals surface area contributed by atoms with Crippen LogP contribution in [0.5, 0.6) is 0 Å². The molecule has 0 saturated carbocycles. The lowest BCUT2D eigenvalue weighted by Crippen LogP contribution is -2.16. The van der Waals surface area contributed by atoms with Gasteiger partial charge in [-0.2, -0.15) is 18.3 Å². The molecule has 0 aliphatic carbocycles. The molecule has 1 atom stereocenters. The zero-order valence-corrected chi connectivity index (χ0v) is 12.2. The Morgan fingerprint density at radius 1 is 1.45 bits per heavy atom. The van der Waals surface area contributed by atoms with Crippen molar-refractivity contribution < 1.29 is 21.6 Å². The number of aromatic nitrogens is 3. The van der Waals surface area contributed by atoms with Crippen LogP contribution in [0.4, 0.5) is 13.2 Å². The molecule has 0 bridgehead atoms. The van der Waals surface area contributed by atoms with E-state index in [0.717, 1.165) is 19.3 Å². The van der Waals surface area contributed by atoms with Crippen molar-refractivity contribution in [2.45, 2.75) is 22.7 Å². The number of halogens is 4. The summed E-state index contributed by atoms with van der Waals surface area (Å²) in [5, 5.41) is 3.66. The first-order valence-electron chi connectivity index (χ1n) is 5.10. The summed E-state index contributed by atoms with van der Waals surface area (Å²) >= 11 is 6.28. The molecule has 2 aromatic rings. The van der Waals surface area contributed by atoms with Gasteiger partial charge >= 0.3 is 6.18 Å². The molecule has 0 amide bonds. The minimum absolute atomic E-state index is 0.138. The predicted molar refractivity (Wildman–Crippen MR) is 66.3 cm³/mol. The maximum absolute atomic E-state index is 12.7. The molecule has 1 N–H and O–H groups in total. The summed E-state index contributed by atoms with van der Waals surface area (Å²) in [6, 6.07) is 0. The first kappa shape index (κ1) is 15.3. The Morgan fingerprint density at radius 2 is 2.10 bits per heavy atom. The van der Waals surface area contributed by atoms with Crippen molar-refractivity contribution in [1.82, 2.24) is 15.2 Å². The van der Waals surface area contributed by atoms with Crippen LogP contribution in [0.25, 0.3) is 0 Å². The predicted octanol–water partition coefficient (Wildman–Crippen LogP) is 3.07. The number of sulfone groups is 1. The summed E-state index contributed by atoms with van der Waals surface area (Å²) in [7, 11) is -4.06. The van der Waals surface area contributed by atoms with Crippen LogP contribution < -0.4 is 0 Å². The average molecular weight is 346 g/mol. The van der Waals surface area contributed by atoms with E-state index >= 15 is 0 Å². The van der Waals surface area contributed by atoms with E-state index in [1.807, 2.05) is 5.10 Å². The quantitative estimate of drug-likeness (QED) is 0.927. The van der Waals surface area contributed by atoms with Gasteiger partial charge in [-0.15, -0.1) is 0 Å². The smallest absolute Gasteiger partial charge is 0.285 e. The van der Waals surface area contributed by atoms with Crippen LogP contribution in [0.2, 0.25) is 4.34 Å². The number of aromatic amines is 1. The van der Waals surface area contributed by atoms with Crippen LogP contribution in [0.15, 0.2) is 16.7 Å². The molecular formula is C9H7ClF3N3O2S2. The molecule has 0 radical (unpaired) electrons. The first-order chi connectivity index (χ1) is 9.14. The summed E-state index contributed by atoms with van der Waals surface area (Å²) < 4.78 is 62.4. The molecule has 20 heavy (non-hydrogen) atoms. The second kappa shape index (κ2) is 5.01. The Balaban J connectivity index is 2.47. The number of H-pyrrole nitrogens is 1. The Labute approximate surface area is 120 Å². The number of hydrogen-bond donors (Lipinski definition) is 1. The van der Waals surface area contributed by atoms with Gasteiger partial charge in [0.15, 0.2) is 5.69 Å². The van der Waals surface area contributed by atoms with Crippen molar-refractivity contribution in [3.63, 3.8) is 0 Å². The van der Waals surface area contributed by atoms with Gasteiger partial charge in [0, 0.05) is 11.8 Å². The van der Waals surface area contributed by atoms with Crippen molar-refractivity contribution in [3.8, 4) is 0 Å². The fourth-order valence-corrected chi connectivity index (χ4v) is 4.49. The molecule has 0 aliphatic heterocycles. The number of alkyl halides is 3. The average Bonchev–Trinajstić information content (AvgIpc) is 2.94. The topological polar surface area (TPSA) is 75.7 Å². The minimum Gasteiger partial charge on any atom is -0.285 e. The summed E-state index contributed by atoms with van der Waals surface area (Å²) in [5.74, 6) is 0. The lowest BCUT2D eigenvalue weighted by atomic mass is 10.2. The van der Waals surface area contributed by atoms with Gasteiger partial charge in [0.1, 0.15) is 4.34 Å². The van der Waals surface area contributed by atoms with E-state index in [0.29, 0.717) is 11.3 Å². The molecule has 0 spiro atoms. The number of rotatable bonds is 3. The van der Waals surface area contributed by atoms with Gasteiger partial charge in [-0.25, -0.2) is 13.4 Å². The monoisotopic (exact) mass is 345 g/mol. The van der Waals surface area contributed by atoms with E-state index in [1.54, 1.807) is 0 Å². The Hall–Kier alpha value is -1.13. The van der Waals surface area contributed by atoms with Crippen molar-refractivity contribution >= 4 is 32.8 Å². The standard InChI is InChI=1S/C9H7ClF3N3O2S2/c1-4(5-2-15-16-7(5)9(11,12)13)20(17,18)8-14-3-6(10)19-8/h2-4H,1H3,(H,15,16). The Morgan fingerprint density at radius 3 is 2.60 bits per heavy atom.